The van der Waals surface area contributed by atoms with Crippen LogP contribution in [0.15, 0.2) is 71.9 Å². The predicted octanol–water partition coefficient (Wildman–Crippen LogP) is 4.18. The van der Waals surface area contributed by atoms with Crippen molar-refractivity contribution in [3.63, 3.8) is 0 Å². The summed E-state index contributed by atoms with van der Waals surface area (Å²) < 4.78 is 1.66. The van der Waals surface area contributed by atoms with E-state index in [0.717, 1.165) is 11.3 Å². The molecule has 2 aromatic heterocycles. The number of amides is 1. The molecule has 0 aliphatic carbocycles. The molecule has 2 aromatic carbocycles. The van der Waals surface area contributed by atoms with E-state index in [1.54, 1.807) is 28.8 Å². The predicted molar refractivity (Wildman–Crippen MR) is 107 cm³/mol. The van der Waals surface area contributed by atoms with Crippen LogP contribution in [-0.4, -0.2) is 31.5 Å². The lowest BCUT2D eigenvalue weighted by Gasteiger charge is -2.05. The van der Waals surface area contributed by atoms with Gasteiger partial charge in [0.15, 0.2) is 5.65 Å². The van der Waals surface area contributed by atoms with Crippen LogP contribution in [0, 0.1) is 0 Å². The van der Waals surface area contributed by atoms with Crippen LogP contribution in [0.2, 0.25) is 5.02 Å². The van der Waals surface area contributed by atoms with Gasteiger partial charge in [-0.2, -0.15) is 9.61 Å². The summed E-state index contributed by atoms with van der Waals surface area (Å²) in [6.45, 7) is 0. The Bertz CT molecular complexity index is 1080. The quantitative estimate of drug-likeness (QED) is 0.513. The minimum atomic E-state index is -0.140. The standard InChI is InChI=1S/C19H14ClN5OS/c20-14-6-8-15(9-7-14)21-18(26)12-27-19-23-22-17-11-10-16(24-25(17)19)13-4-2-1-3-5-13/h1-11H,12H2,(H,21,26). The highest BCUT2D eigenvalue weighted by Crippen LogP contribution is 2.21. The first-order valence-corrected chi connectivity index (χ1v) is 9.51. The first-order chi connectivity index (χ1) is 13.2. The van der Waals surface area contributed by atoms with E-state index in [9.17, 15) is 4.79 Å². The monoisotopic (exact) mass is 395 g/mol. The van der Waals surface area contributed by atoms with Gasteiger partial charge in [0.05, 0.1) is 11.4 Å². The molecule has 0 radical (unpaired) electrons. The molecule has 8 heteroatoms. The van der Waals surface area contributed by atoms with Crippen molar-refractivity contribution >= 4 is 40.6 Å². The molecule has 0 spiro atoms. The van der Waals surface area contributed by atoms with Gasteiger partial charge >= 0.3 is 0 Å². The third kappa shape index (κ3) is 4.10. The van der Waals surface area contributed by atoms with Crippen LogP contribution in [0.4, 0.5) is 5.69 Å². The number of fused-ring (bicyclic) bond motifs is 1. The van der Waals surface area contributed by atoms with Gasteiger partial charge in [0.2, 0.25) is 11.1 Å². The summed E-state index contributed by atoms with van der Waals surface area (Å²) in [6, 6.07) is 20.6. The van der Waals surface area contributed by atoms with E-state index < -0.39 is 0 Å². The second-order valence-corrected chi connectivity index (χ2v) is 7.06. The van der Waals surface area contributed by atoms with Gasteiger partial charge in [-0.1, -0.05) is 53.7 Å². The maximum atomic E-state index is 12.2. The molecule has 1 N–H and O–H groups in total. The van der Waals surface area contributed by atoms with Crippen molar-refractivity contribution in [2.24, 2.45) is 0 Å². The highest BCUT2D eigenvalue weighted by atomic mass is 35.5. The Morgan fingerprint density at radius 2 is 1.78 bits per heavy atom. The highest BCUT2D eigenvalue weighted by molar-refractivity contribution is 7.99. The second kappa shape index (κ2) is 7.77. The summed E-state index contributed by atoms with van der Waals surface area (Å²) in [4.78, 5) is 12.2. The Morgan fingerprint density at radius 3 is 2.56 bits per heavy atom. The van der Waals surface area contributed by atoms with Gasteiger partial charge in [-0.25, -0.2) is 0 Å². The topological polar surface area (TPSA) is 72.2 Å². The summed E-state index contributed by atoms with van der Waals surface area (Å²) in [5.41, 5.74) is 3.15. The second-order valence-electron chi connectivity index (χ2n) is 5.68. The molecular formula is C19H14ClN5OS. The number of carbonyl (C=O) groups is 1. The smallest absolute Gasteiger partial charge is 0.234 e. The number of carbonyl (C=O) groups excluding carboxylic acids is 1. The fourth-order valence-electron chi connectivity index (χ4n) is 2.48. The Labute approximate surface area is 164 Å². The lowest BCUT2D eigenvalue weighted by molar-refractivity contribution is -0.113. The minimum absolute atomic E-state index is 0.140. The molecule has 4 rings (SSSR count). The maximum Gasteiger partial charge on any atom is 0.234 e. The van der Waals surface area contributed by atoms with Crippen LogP contribution in [0.3, 0.4) is 0 Å². The number of hydrogen-bond acceptors (Lipinski definition) is 5. The molecule has 0 saturated heterocycles. The Morgan fingerprint density at radius 1 is 1.00 bits per heavy atom. The van der Waals surface area contributed by atoms with Gasteiger partial charge in [0.1, 0.15) is 0 Å². The van der Waals surface area contributed by atoms with E-state index in [2.05, 4.69) is 20.6 Å². The van der Waals surface area contributed by atoms with Gasteiger partial charge in [-0.15, -0.1) is 10.2 Å². The van der Waals surface area contributed by atoms with Crippen LogP contribution in [0.5, 0.6) is 0 Å². The van der Waals surface area contributed by atoms with Crippen molar-refractivity contribution < 1.29 is 4.79 Å². The number of nitrogens with one attached hydrogen (secondary N) is 1. The Kier molecular flexibility index (Phi) is 5.04. The third-order valence-electron chi connectivity index (χ3n) is 3.76. The summed E-state index contributed by atoms with van der Waals surface area (Å²) in [7, 11) is 0. The number of anilines is 1. The number of rotatable bonds is 5. The molecule has 134 valence electrons. The third-order valence-corrected chi connectivity index (χ3v) is 4.94. The first kappa shape index (κ1) is 17.5. The summed E-state index contributed by atoms with van der Waals surface area (Å²) in [6.07, 6.45) is 0. The van der Waals surface area contributed by atoms with E-state index in [-0.39, 0.29) is 11.7 Å². The summed E-state index contributed by atoms with van der Waals surface area (Å²) in [5, 5.41) is 16.9. The molecule has 0 aliphatic rings. The van der Waals surface area contributed by atoms with Crippen molar-refractivity contribution in [3.8, 4) is 11.3 Å². The van der Waals surface area contributed by atoms with Gasteiger partial charge in [0.25, 0.3) is 0 Å². The van der Waals surface area contributed by atoms with Gasteiger partial charge in [0, 0.05) is 16.3 Å². The largest absolute Gasteiger partial charge is 0.325 e. The number of nitrogens with zero attached hydrogens (tertiary/aromatic N) is 4. The first-order valence-electron chi connectivity index (χ1n) is 8.15. The van der Waals surface area contributed by atoms with E-state index in [1.807, 2.05) is 42.5 Å². The molecule has 0 saturated carbocycles. The molecule has 2 heterocycles. The molecule has 0 bridgehead atoms. The fraction of sp³-hybridized carbons (Fsp3) is 0.0526. The van der Waals surface area contributed by atoms with Crippen LogP contribution < -0.4 is 5.32 Å². The Balaban J connectivity index is 1.48. The highest BCUT2D eigenvalue weighted by Gasteiger charge is 2.12. The molecule has 1 amide bonds. The molecular weight excluding hydrogens is 382 g/mol. The van der Waals surface area contributed by atoms with Crippen molar-refractivity contribution in [1.29, 1.82) is 0 Å². The van der Waals surface area contributed by atoms with Gasteiger partial charge < -0.3 is 5.32 Å². The Hall–Kier alpha value is -2.90. The fourth-order valence-corrected chi connectivity index (χ4v) is 3.30. The summed E-state index contributed by atoms with van der Waals surface area (Å²) in [5.74, 6) is 0.0546. The van der Waals surface area contributed by atoms with E-state index in [1.165, 1.54) is 11.8 Å². The molecule has 0 unspecified atom stereocenters. The average molecular weight is 396 g/mol. The number of thioether (sulfide) groups is 1. The molecule has 0 aliphatic heterocycles. The van der Waals surface area contributed by atoms with Gasteiger partial charge in [-0.3, -0.25) is 4.79 Å². The van der Waals surface area contributed by atoms with Gasteiger partial charge in [-0.05, 0) is 36.4 Å². The zero-order valence-electron chi connectivity index (χ0n) is 14.0. The van der Waals surface area contributed by atoms with Crippen LogP contribution >= 0.6 is 23.4 Å². The van der Waals surface area contributed by atoms with Crippen LogP contribution in [-0.2, 0) is 4.79 Å². The number of halogens is 1. The normalized spacial score (nSPS) is 10.9. The molecule has 0 atom stereocenters. The maximum absolute atomic E-state index is 12.2. The zero-order chi connectivity index (χ0) is 18.6. The molecule has 4 aromatic rings. The number of aromatic nitrogens is 4. The van der Waals surface area contributed by atoms with Crippen molar-refractivity contribution in [3.05, 3.63) is 71.8 Å². The van der Waals surface area contributed by atoms with Crippen molar-refractivity contribution in [2.45, 2.75) is 5.16 Å². The lowest BCUT2D eigenvalue weighted by Crippen LogP contribution is -2.14. The van der Waals surface area contributed by atoms with Crippen molar-refractivity contribution in [2.75, 3.05) is 11.1 Å². The van der Waals surface area contributed by atoms with E-state index >= 15 is 0 Å². The summed E-state index contributed by atoms with van der Waals surface area (Å²) >= 11 is 7.13. The number of hydrogen-bond donors (Lipinski definition) is 1. The minimum Gasteiger partial charge on any atom is -0.325 e. The van der Waals surface area contributed by atoms with Crippen LogP contribution in [0.1, 0.15) is 0 Å². The lowest BCUT2D eigenvalue weighted by atomic mass is 10.1. The zero-order valence-corrected chi connectivity index (χ0v) is 15.6. The number of benzene rings is 2. The molecule has 27 heavy (non-hydrogen) atoms. The van der Waals surface area contributed by atoms with E-state index in [4.69, 9.17) is 11.6 Å². The SMILES string of the molecule is O=C(CSc1nnc2ccc(-c3ccccc3)nn12)Nc1ccc(Cl)cc1. The molecule has 0 fully saturated rings. The average Bonchev–Trinajstić information content (AvgIpc) is 3.11. The van der Waals surface area contributed by atoms with Crippen molar-refractivity contribution in [1.82, 2.24) is 19.8 Å². The van der Waals surface area contributed by atoms with Crippen LogP contribution in [0.25, 0.3) is 16.9 Å². The van der Waals surface area contributed by atoms with E-state index in [0.29, 0.717) is 21.5 Å². The molecule has 6 nitrogen and oxygen atoms in total.